The zero-order valence-corrected chi connectivity index (χ0v) is 11.4. The normalized spacial score (nSPS) is 10.4. The molecule has 0 spiro atoms. The summed E-state index contributed by atoms with van der Waals surface area (Å²) in [4.78, 5) is 13.6. The zero-order chi connectivity index (χ0) is 14.7. The van der Waals surface area contributed by atoms with Crippen LogP contribution in [0.5, 0.6) is 0 Å². The number of aryl methyl sites for hydroxylation is 1. The number of halogens is 2. The maximum atomic E-state index is 13.5. The predicted octanol–water partition coefficient (Wildman–Crippen LogP) is 3.55. The number of benzene rings is 2. The van der Waals surface area contributed by atoms with Gasteiger partial charge in [0, 0.05) is 19.2 Å². The molecule has 0 atom stereocenters. The topological polar surface area (TPSA) is 20.3 Å². The fourth-order valence-electron chi connectivity index (χ4n) is 1.88. The van der Waals surface area contributed by atoms with Gasteiger partial charge in [0.25, 0.3) is 5.91 Å². The number of nitrogens with zero attached hydrogens (tertiary/aromatic N) is 1. The monoisotopic (exact) mass is 275 g/mol. The van der Waals surface area contributed by atoms with E-state index >= 15 is 0 Å². The fraction of sp³-hybridized carbons (Fsp3) is 0.188. The molecule has 20 heavy (non-hydrogen) atoms. The van der Waals surface area contributed by atoms with Gasteiger partial charge >= 0.3 is 0 Å². The highest BCUT2D eigenvalue weighted by Gasteiger charge is 2.13. The largest absolute Gasteiger partial charge is 0.337 e. The number of carbonyl (C=O) groups excluding carboxylic acids is 1. The van der Waals surface area contributed by atoms with Crippen molar-refractivity contribution in [2.45, 2.75) is 13.5 Å². The van der Waals surface area contributed by atoms with E-state index in [-0.39, 0.29) is 11.7 Å². The molecule has 2 aromatic carbocycles. The lowest BCUT2D eigenvalue weighted by molar-refractivity contribution is 0.0784. The molecular weight excluding hydrogens is 260 g/mol. The second kappa shape index (κ2) is 5.82. The summed E-state index contributed by atoms with van der Waals surface area (Å²) in [5.41, 5.74) is 1.62. The Morgan fingerprint density at radius 3 is 2.35 bits per heavy atom. The average Bonchev–Trinajstić information content (AvgIpc) is 2.43. The van der Waals surface area contributed by atoms with Crippen LogP contribution in [0.25, 0.3) is 0 Å². The van der Waals surface area contributed by atoms with Crippen LogP contribution in [0.1, 0.15) is 21.5 Å². The van der Waals surface area contributed by atoms with Crippen molar-refractivity contribution in [2.75, 3.05) is 7.05 Å². The molecule has 0 saturated carbocycles. The molecular formula is C16H15F2NO. The minimum absolute atomic E-state index is 0.270. The van der Waals surface area contributed by atoms with Crippen LogP contribution in [-0.2, 0) is 6.54 Å². The van der Waals surface area contributed by atoms with Crippen LogP contribution in [0.4, 0.5) is 8.78 Å². The smallest absolute Gasteiger partial charge is 0.253 e. The molecule has 0 saturated heterocycles. The van der Waals surface area contributed by atoms with E-state index in [1.54, 1.807) is 38.2 Å². The third-order valence-electron chi connectivity index (χ3n) is 3.10. The van der Waals surface area contributed by atoms with Crippen LogP contribution in [-0.4, -0.2) is 17.9 Å². The van der Waals surface area contributed by atoms with E-state index in [0.29, 0.717) is 17.7 Å². The first-order valence-electron chi connectivity index (χ1n) is 6.23. The summed E-state index contributed by atoms with van der Waals surface area (Å²) in [6, 6.07) is 10.3. The van der Waals surface area contributed by atoms with Crippen molar-refractivity contribution in [1.29, 1.82) is 0 Å². The number of amides is 1. The molecule has 2 rings (SSSR count). The van der Waals surface area contributed by atoms with Crippen molar-refractivity contribution in [3.63, 3.8) is 0 Å². The molecule has 0 bridgehead atoms. The summed E-state index contributed by atoms with van der Waals surface area (Å²) in [5.74, 6) is -0.984. The van der Waals surface area contributed by atoms with Crippen molar-refractivity contribution >= 4 is 5.91 Å². The molecule has 4 heteroatoms. The molecule has 0 aromatic heterocycles. The second-order valence-corrected chi connectivity index (χ2v) is 4.75. The molecule has 2 aromatic rings. The molecule has 0 heterocycles. The zero-order valence-electron chi connectivity index (χ0n) is 11.4. The van der Waals surface area contributed by atoms with Gasteiger partial charge in [0.2, 0.25) is 0 Å². The van der Waals surface area contributed by atoms with Crippen LogP contribution in [0.3, 0.4) is 0 Å². The highest BCUT2D eigenvalue weighted by molar-refractivity contribution is 5.94. The lowest BCUT2D eigenvalue weighted by atomic mass is 10.1. The minimum atomic E-state index is -0.397. The first-order valence-corrected chi connectivity index (χ1v) is 6.23. The molecule has 0 aliphatic heterocycles. The van der Waals surface area contributed by atoms with Gasteiger partial charge in [-0.1, -0.05) is 18.2 Å². The first kappa shape index (κ1) is 14.2. The van der Waals surface area contributed by atoms with Crippen LogP contribution in [0.2, 0.25) is 0 Å². The van der Waals surface area contributed by atoms with Gasteiger partial charge in [0.05, 0.1) is 0 Å². The molecule has 0 radical (unpaired) electrons. The summed E-state index contributed by atoms with van der Waals surface area (Å²) in [6.07, 6.45) is 0. The third-order valence-corrected chi connectivity index (χ3v) is 3.10. The lowest BCUT2D eigenvalue weighted by Gasteiger charge is -2.17. The fourth-order valence-corrected chi connectivity index (χ4v) is 1.88. The molecule has 0 aliphatic carbocycles. The molecule has 0 aliphatic rings. The van der Waals surface area contributed by atoms with E-state index < -0.39 is 5.82 Å². The quantitative estimate of drug-likeness (QED) is 0.839. The minimum Gasteiger partial charge on any atom is -0.337 e. The summed E-state index contributed by atoms with van der Waals surface area (Å²) in [5, 5.41) is 0. The van der Waals surface area contributed by atoms with Crippen LogP contribution in [0.15, 0.2) is 42.5 Å². The highest BCUT2D eigenvalue weighted by atomic mass is 19.1. The molecule has 104 valence electrons. The van der Waals surface area contributed by atoms with Crippen LogP contribution >= 0.6 is 0 Å². The molecule has 1 amide bonds. The van der Waals surface area contributed by atoms with E-state index in [2.05, 4.69) is 0 Å². The molecule has 0 N–H and O–H groups in total. The van der Waals surface area contributed by atoms with Crippen molar-refractivity contribution in [3.05, 3.63) is 70.8 Å². The van der Waals surface area contributed by atoms with Crippen molar-refractivity contribution in [2.24, 2.45) is 0 Å². The number of rotatable bonds is 3. The van der Waals surface area contributed by atoms with Gasteiger partial charge in [-0.2, -0.15) is 0 Å². The second-order valence-electron chi connectivity index (χ2n) is 4.75. The summed E-state index contributed by atoms with van der Waals surface area (Å²) in [7, 11) is 1.63. The van der Waals surface area contributed by atoms with Gasteiger partial charge in [-0.3, -0.25) is 4.79 Å². The SMILES string of the molecule is Cc1ccc(C(=O)N(C)Cc2ccc(F)cc2)cc1F. The Morgan fingerprint density at radius 1 is 1.10 bits per heavy atom. The average molecular weight is 275 g/mol. The van der Waals surface area contributed by atoms with Gasteiger partial charge in [-0.15, -0.1) is 0 Å². The maximum Gasteiger partial charge on any atom is 0.253 e. The van der Waals surface area contributed by atoms with E-state index in [0.717, 1.165) is 5.56 Å². The maximum absolute atomic E-state index is 13.5. The Balaban J connectivity index is 2.11. The highest BCUT2D eigenvalue weighted by Crippen LogP contribution is 2.13. The van der Waals surface area contributed by atoms with Gasteiger partial charge in [-0.25, -0.2) is 8.78 Å². The molecule has 0 fully saturated rings. The summed E-state index contributed by atoms with van der Waals surface area (Å²) < 4.78 is 26.3. The number of hydrogen-bond acceptors (Lipinski definition) is 1. The van der Waals surface area contributed by atoms with E-state index in [1.165, 1.54) is 23.1 Å². The molecule has 2 nitrogen and oxygen atoms in total. The van der Waals surface area contributed by atoms with E-state index in [9.17, 15) is 13.6 Å². The van der Waals surface area contributed by atoms with Gasteiger partial charge in [0.15, 0.2) is 0 Å². The van der Waals surface area contributed by atoms with E-state index in [4.69, 9.17) is 0 Å². The van der Waals surface area contributed by atoms with Crippen LogP contribution < -0.4 is 0 Å². The summed E-state index contributed by atoms with van der Waals surface area (Å²) in [6.45, 7) is 1.99. The van der Waals surface area contributed by atoms with Crippen molar-refractivity contribution in [1.82, 2.24) is 4.90 Å². The standard InChI is InChI=1S/C16H15F2NO/c1-11-3-6-13(9-15(11)18)16(20)19(2)10-12-4-7-14(17)8-5-12/h3-9H,10H2,1-2H3. The van der Waals surface area contributed by atoms with Gasteiger partial charge in [-0.05, 0) is 42.3 Å². The third kappa shape index (κ3) is 3.20. The Morgan fingerprint density at radius 2 is 1.75 bits per heavy atom. The Kier molecular flexibility index (Phi) is 4.13. The van der Waals surface area contributed by atoms with Crippen LogP contribution in [0, 0.1) is 18.6 Å². The Labute approximate surface area is 116 Å². The number of hydrogen-bond donors (Lipinski definition) is 0. The van der Waals surface area contributed by atoms with Crippen molar-refractivity contribution in [3.8, 4) is 0 Å². The summed E-state index contributed by atoms with van der Waals surface area (Å²) >= 11 is 0. The van der Waals surface area contributed by atoms with Gasteiger partial charge < -0.3 is 4.90 Å². The first-order chi connectivity index (χ1) is 9.47. The van der Waals surface area contributed by atoms with E-state index in [1.807, 2.05) is 0 Å². The predicted molar refractivity (Wildman–Crippen MR) is 73.3 cm³/mol. The Bertz CT molecular complexity index is 623. The lowest BCUT2D eigenvalue weighted by Crippen LogP contribution is -2.26. The van der Waals surface area contributed by atoms with Crippen molar-refractivity contribution < 1.29 is 13.6 Å². The Hall–Kier alpha value is -2.23. The number of carbonyl (C=O) groups is 1. The van der Waals surface area contributed by atoms with Gasteiger partial charge in [0.1, 0.15) is 11.6 Å². The molecule has 0 unspecified atom stereocenters.